The van der Waals surface area contributed by atoms with Gasteiger partial charge < -0.3 is 9.64 Å². The van der Waals surface area contributed by atoms with Crippen LogP contribution in [0.3, 0.4) is 0 Å². The van der Waals surface area contributed by atoms with Gasteiger partial charge in [-0.05, 0) is 32.8 Å². The summed E-state index contributed by atoms with van der Waals surface area (Å²) in [5.41, 5.74) is 0.730. The van der Waals surface area contributed by atoms with E-state index >= 15 is 0 Å². The van der Waals surface area contributed by atoms with E-state index in [0.717, 1.165) is 30.7 Å². The number of hydrogen-bond acceptors (Lipinski definition) is 7. The van der Waals surface area contributed by atoms with Gasteiger partial charge in [0.15, 0.2) is 6.61 Å². The van der Waals surface area contributed by atoms with Crippen molar-refractivity contribution < 1.29 is 14.3 Å². The fraction of sp³-hybridized carbons (Fsp3) is 0.556. The number of carbonyl (C=O) groups is 2. The lowest BCUT2D eigenvalue weighted by Crippen LogP contribution is -2.51. The van der Waals surface area contributed by atoms with Gasteiger partial charge in [-0.2, -0.15) is 10.2 Å². The first-order chi connectivity index (χ1) is 12.9. The average molecular weight is 370 g/mol. The Kier molecular flexibility index (Phi) is 5.08. The zero-order valence-corrected chi connectivity index (χ0v) is 15.7. The molecule has 0 aliphatic heterocycles. The normalized spacial score (nSPS) is 15.9. The van der Waals surface area contributed by atoms with Crippen LogP contribution in [0.4, 0.5) is 0 Å². The molecule has 0 bridgehead atoms. The van der Waals surface area contributed by atoms with Gasteiger partial charge in [0.25, 0.3) is 17.5 Å². The van der Waals surface area contributed by atoms with Crippen molar-refractivity contribution in [1.29, 1.82) is 5.26 Å². The highest BCUT2D eigenvalue weighted by Gasteiger charge is 2.39. The van der Waals surface area contributed by atoms with Gasteiger partial charge in [-0.1, -0.05) is 19.3 Å². The molecule has 2 aromatic heterocycles. The highest BCUT2D eigenvalue weighted by Crippen LogP contribution is 2.32. The van der Waals surface area contributed by atoms with Crippen LogP contribution >= 0.6 is 0 Å². The molecule has 1 aliphatic rings. The van der Waals surface area contributed by atoms with Gasteiger partial charge in [0, 0.05) is 18.4 Å². The van der Waals surface area contributed by atoms with Crippen molar-refractivity contribution >= 4 is 17.7 Å². The van der Waals surface area contributed by atoms with Gasteiger partial charge >= 0.3 is 5.97 Å². The fourth-order valence-electron chi connectivity index (χ4n) is 3.44. The quantitative estimate of drug-likeness (QED) is 0.751. The van der Waals surface area contributed by atoms with Crippen LogP contribution < -0.4 is 0 Å². The van der Waals surface area contributed by atoms with Crippen molar-refractivity contribution in [2.24, 2.45) is 0 Å². The molecule has 27 heavy (non-hydrogen) atoms. The summed E-state index contributed by atoms with van der Waals surface area (Å²) in [6, 6.07) is 4.10. The summed E-state index contributed by atoms with van der Waals surface area (Å²) in [4.78, 5) is 34.4. The highest BCUT2D eigenvalue weighted by molar-refractivity contribution is 5.88. The molecule has 1 fully saturated rings. The van der Waals surface area contributed by atoms with E-state index in [2.05, 4.69) is 21.1 Å². The number of nitrogens with zero attached hydrogens (tertiary/aromatic N) is 6. The summed E-state index contributed by atoms with van der Waals surface area (Å²) in [5.74, 6) is -1.07. The van der Waals surface area contributed by atoms with Gasteiger partial charge in [0.05, 0.1) is 6.07 Å². The topological polar surface area (TPSA) is 113 Å². The van der Waals surface area contributed by atoms with E-state index < -0.39 is 24.0 Å². The molecule has 2 aromatic rings. The molecule has 0 spiro atoms. The van der Waals surface area contributed by atoms with Gasteiger partial charge in [0.1, 0.15) is 5.54 Å². The Bertz CT molecular complexity index is 923. The number of aryl methyl sites for hydroxylation is 2. The van der Waals surface area contributed by atoms with E-state index in [-0.39, 0.29) is 5.82 Å². The predicted molar refractivity (Wildman–Crippen MR) is 94.7 cm³/mol. The van der Waals surface area contributed by atoms with Crippen LogP contribution in [0.1, 0.15) is 54.1 Å². The molecule has 0 radical (unpaired) electrons. The molecule has 0 saturated heterocycles. The first kappa shape index (κ1) is 18.8. The number of ether oxygens (including phenoxy) is 1. The molecular formula is C18H22N6O3. The third kappa shape index (κ3) is 3.60. The number of fused-ring (bicyclic) bond motifs is 1. The molecule has 1 amide bonds. The zero-order chi connectivity index (χ0) is 19.6. The maximum absolute atomic E-state index is 12.5. The van der Waals surface area contributed by atoms with E-state index in [4.69, 9.17) is 4.74 Å². The number of esters is 1. The van der Waals surface area contributed by atoms with E-state index in [1.54, 1.807) is 7.05 Å². The molecular weight excluding hydrogens is 348 g/mol. The van der Waals surface area contributed by atoms with Crippen LogP contribution in [0.2, 0.25) is 0 Å². The molecule has 1 saturated carbocycles. The minimum absolute atomic E-state index is 0.153. The Labute approximate surface area is 157 Å². The summed E-state index contributed by atoms with van der Waals surface area (Å²) in [7, 11) is 1.59. The number of hydrogen-bond donors (Lipinski definition) is 0. The SMILES string of the molecule is Cc1cc(C)n2nc(C(=O)OCC(=O)N(C)C3(C#N)CCCCC3)nc2n1. The van der Waals surface area contributed by atoms with Crippen molar-refractivity contribution in [2.45, 2.75) is 51.5 Å². The second-order valence-electron chi connectivity index (χ2n) is 6.92. The minimum Gasteiger partial charge on any atom is -0.450 e. The summed E-state index contributed by atoms with van der Waals surface area (Å²) < 4.78 is 6.53. The predicted octanol–water partition coefficient (Wildman–Crippen LogP) is 1.58. The molecule has 0 N–H and O–H groups in total. The van der Waals surface area contributed by atoms with Crippen LogP contribution in [0.5, 0.6) is 0 Å². The zero-order valence-electron chi connectivity index (χ0n) is 15.7. The Morgan fingerprint density at radius 1 is 1.30 bits per heavy atom. The Morgan fingerprint density at radius 2 is 2.00 bits per heavy atom. The molecule has 0 atom stereocenters. The number of nitriles is 1. The minimum atomic E-state index is -0.818. The van der Waals surface area contributed by atoms with E-state index in [1.807, 2.05) is 19.9 Å². The third-order valence-electron chi connectivity index (χ3n) is 5.03. The summed E-state index contributed by atoms with van der Waals surface area (Å²) in [5, 5.41) is 13.7. The van der Waals surface area contributed by atoms with Crippen molar-refractivity contribution in [3.63, 3.8) is 0 Å². The van der Waals surface area contributed by atoms with Crippen LogP contribution in [0.15, 0.2) is 6.07 Å². The van der Waals surface area contributed by atoms with Crippen molar-refractivity contribution in [2.75, 3.05) is 13.7 Å². The molecule has 1 aliphatic carbocycles. The lowest BCUT2D eigenvalue weighted by atomic mass is 9.81. The Hall–Kier alpha value is -3.02. The van der Waals surface area contributed by atoms with Gasteiger partial charge in [-0.15, -0.1) is 5.10 Å². The second kappa shape index (κ2) is 7.31. The van der Waals surface area contributed by atoms with Gasteiger partial charge in [-0.3, -0.25) is 4.79 Å². The lowest BCUT2D eigenvalue weighted by molar-refractivity contribution is -0.138. The van der Waals surface area contributed by atoms with Crippen LogP contribution in [0, 0.1) is 25.2 Å². The van der Waals surface area contributed by atoms with Crippen LogP contribution in [-0.4, -0.2) is 55.6 Å². The monoisotopic (exact) mass is 370 g/mol. The number of aromatic nitrogens is 4. The first-order valence-corrected chi connectivity index (χ1v) is 8.92. The van der Waals surface area contributed by atoms with E-state index in [9.17, 15) is 14.9 Å². The van der Waals surface area contributed by atoms with Crippen molar-refractivity contribution in [3.05, 3.63) is 23.3 Å². The fourth-order valence-corrected chi connectivity index (χ4v) is 3.44. The molecule has 9 nitrogen and oxygen atoms in total. The number of amides is 1. The second-order valence-corrected chi connectivity index (χ2v) is 6.92. The highest BCUT2D eigenvalue weighted by atomic mass is 16.5. The molecule has 2 heterocycles. The van der Waals surface area contributed by atoms with Crippen molar-refractivity contribution in [3.8, 4) is 6.07 Å². The van der Waals surface area contributed by atoms with Gasteiger partial charge in [-0.25, -0.2) is 14.3 Å². The maximum atomic E-state index is 12.5. The number of likely N-dealkylation sites (N-methyl/N-ethyl adjacent to an activating group) is 1. The van der Waals surface area contributed by atoms with E-state index in [0.29, 0.717) is 18.6 Å². The van der Waals surface area contributed by atoms with E-state index in [1.165, 1.54) is 9.42 Å². The third-order valence-corrected chi connectivity index (χ3v) is 5.03. The van der Waals surface area contributed by atoms with Gasteiger partial charge in [0.2, 0.25) is 0 Å². The Morgan fingerprint density at radius 3 is 2.67 bits per heavy atom. The molecule has 3 rings (SSSR count). The first-order valence-electron chi connectivity index (χ1n) is 8.92. The molecule has 142 valence electrons. The number of rotatable bonds is 4. The largest absolute Gasteiger partial charge is 0.450 e. The average Bonchev–Trinajstić information content (AvgIpc) is 3.10. The van der Waals surface area contributed by atoms with Crippen LogP contribution in [-0.2, 0) is 9.53 Å². The standard InChI is InChI=1S/C18H22N6O3/c1-12-9-13(2)24-17(20-12)21-15(22-24)16(26)27-10-14(25)23(3)18(11-19)7-5-4-6-8-18/h9H,4-8,10H2,1-3H3. The summed E-state index contributed by atoms with van der Waals surface area (Å²) in [6.07, 6.45) is 4.15. The molecule has 9 heteroatoms. The summed E-state index contributed by atoms with van der Waals surface area (Å²) in [6.45, 7) is 3.19. The number of carbonyl (C=O) groups excluding carboxylic acids is 2. The Balaban J connectivity index is 1.67. The summed E-state index contributed by atoms with van der Waals surface area (Å²) >= 11 is 0. The van der Waals surface area contributed by atoms with Crippen LogP contribution in [0.25, 0.3) is 5.78 Å². The lowest BCUT2D eigenvalue weighted by Gasteiger charge is -2.38. The molecule has 0 unspecified atom stereocenters. The molecule has 0 aromatic carbocycles. The van der Waals surface area contributed by atoms with Crippen molar-refractivity contribution in [1.82, 2.24) is 24.5 Å². The smallest absolute Gasteiger partial charge is 0.378 e. The maximum Gasteiger partial charge on any atom is 0.378 e.